The van der Waals surface area contributed by atoms with Gasteiger partial charge in [-0.3, -0.25) is 4.79 Å². The number of esters is 1. The molecule has 5 heteroatoms. The van der Waals surface area contributed by atoms with Crippen molar-refractivity contribution in [3.63, 3.8) is 0 Å². The lowest BCUT2D eigenvalue weighted by molar-refractivity contribution is -0.139. The number of halogens is 1. The molecule has 1 aromatic heterocycles. The molecule has 0 amide bonds. The molecule has 0 spiro atoms. The van der Waals surface area contributed by atoms with Crippen molar-refractivity contribution in [1.82, 2.24) is 0 Å². The third-order valence-corrected chi connectivity index (χ3v) is 2.53. The van der Waals surface area contributed by atoms with Crippen LogP contribution in [0.3, 0.4) is 0 Å². The van der Waals surface area contributed by atoms with Gasteiger partial charge in [-0.1, -0.05) is 0 Å². The largest absolute Gasteiger partial charge is 0.465 e. The highest BCUT2D eigenvalue weighted by molar-refractivity contribution is 7.99. The molecule has 0 aliphatic heterocycles. The van der Waals surface area contributed by atoms with E-state index in [1.165, 1.54) is 11.8 Å². The first-order chi connectivity index (χ1) is 6.72. The Hall–Kier alpha value is -0.610. The normalized spacial score (nSPS) is 10.1. The number of thioether (sulfide) groups is 1. The first-order valence-corrected chi connectivity index (χ1v) is 5.73. The molecule has 0 radical (unpaired) electrons. The van der Waals surface area contributed by atoms with Gasteiger partial charge in [-0.25, -0.2) is 0 Å². The van der Waals surface area contributed by atoms with Crippen LogP contribution in [0.1, 0.15) is 12.7 Å². The molecule has 0 atom stereocenters. The molecule has 0 N–H and O–H groups in total. The third kappa shape index (κ3) is 4.07. The van der Waals surface area contributed by atoms with Gasteiger partial charge in [0.15, 0.2) is 5.22 Å². The predicted octanol–water partition coefficient (Wildman–Crippen LogP) is 2.73. The molecule has 0 aliphatic rings. The zero-order valence-corrected chi connectivity index (χ0v) is 9.36. The Balaban J connectivity index is 2.18. The SMILES string of the molecule is CCOC(=O)CSCc1ccc(Cl)o1. The molecule has 0 unspecified atom stereocenters. The van der Waals surface area contributed by atoms with Crippen molar-refractivity contribution in [2.45, 2.75) is 12.7 Å². The number of carbonyl (C=O) groups excluding carboxylic acids is 1. The Labute approximate surface area is 91.8 Å². The van der Waals surface area contributed by atoms with Crippen LogP contribution in [-0.4, -0.2) is 18.3 Å². The molecule has 0 aromatic carbocycles. The lowest BCUT2D eigenvalue weighted by Crippen LogP contribution is -2.06. The topological polar surface area (TPSA) is 39.4 Å². The van der Waals surface area contributed by atoms with E-state index in [1.54, 1.807) is 19.1 Å². The van der Waals surface area contributed by atoms with Crippen LogP contribution in [0.15, 0.2) is 16.5 Å². The smallest absolute Gasteiger partial charge is 0.315 e. The van der Waals surface area contributed by atoms with Crippen LogP contribution in [-0.2, 0) is 15.3 Å². The fraction of sp³-hybridized carbons (Fsp3) is 0.444. The Bertz CT molecular complexity index is 298. The minimum atomic E-state index is -0.199. The minimum Gasteiger partial charge on any atom is -0.465 e. The van der Waals surface area contributed by atoms with E-state index in [0.717, 1.165) is 5.76 Å². The van der Waals surface area contributed by atoms with Crippen molar-refractivity contribution in [2.75, 3.05) is 12.4 Å². The van der Waals surface area contributed by atoms with Gasteiger partial charge < -0.3 is 9.15 Å². The Kier molecular flexibility index (Phi) is 4.90. The molecule has 1 heterocycles. The quantitative estimate of drug-likeness (QED) is 0.735. The summed E-state index contributed by atoms with van der Waals surface area (Å²) in [5.41, 5.74) is 0. The second-order valence-electron chi connectivity index (χ2n) is 2.50. The molecule has 78 valence electrons. The van der Waals surface area contributed by atoms with Crippen molar-refractivity contribution >= 4 is 29.3 Å². The van der Waals surface area contributed by atoms with Crippen LogP contribution in [0.4, 0.5) is 0 Å². The van der Waals surface area contributed by atoms with Crippen molar-refractivity contribution in [3.05, 3.63) is 23.1 Å². The van der Waals surface area contributed by atoms with Crippen LogP contribution in [0.25, 0.3) is 0 Å². The first kappa shape index (κ1) is 11.5. The molecule has 0 bridgehead atoms. The molecule has 1 aromatic rings. The third-order valence-electron chi connectivity index (χ3n) is 1.40. The van der Waals surface area contributed by atoms with Crippen LogP contribution in [0.5, 0.6) is 0 Å². The van der Waals surface area contributed by atoms with Gasteiger partial charge in [0.1, 0.15) is 5.76 Å². The van der Waals surface area contributed by atoms with Gasteiger partial charge >= 0.3 is 5.97 Å². The molecule has 0 fully saturated rings. The van der Waals surface area contributed by atoms with E-state index >= 15 is 0 Å². The standard InChI is InChI=1S/C9H11ClO3S/c1-2-12-9(11)6-14-5-7-3-4-8(10)13-7/h3-4H,2,5-6H2,1H3. The molecule has 0 saturated carbocycles. The molecular formula is C9H11ClO3S. The van der Waals surface area contributed by atoms with Crippen molar-refractivity contribution < 1.29 is 13.9 Å². The van der Waals surface area contributed by atoms with E-state index in [2.05, 4.69) is 0 Å². The molecule has 1 rings (SSSR count). The molecule has 0 saturated heterocycles. The number of ether oxygens (including phenoxy) is 1. The van der Waals surface area contributed by atoms with Gasteiger partial charge in [-0.05, 0) is 30.7 Å². The lowest BCUT2D eigenvalue weighted by Gasteiger charge is -1.99. The van der Waals surface area contributed by atoms with Crippen LogP contribution < -0.4 is 0 Å². The number of carbonyl (C=O) groups is 1. The molecule has 14 heavy (non-hydrogen) atoms. The Morgan fingerprint density at radius 2 is 2.43 bits per heavy atom. The van der Waals surface area contributed by atoms with E-state index in [9.17, 15) is 4.79 Å². The maximum absolute atomic E-state index is 10.9. The molecule has 0 aliphatic carbocycles. The summed E-state index contributed by atoms with van der Waals surface area (Å²) in [5, 5.41) is 0.372. The number of hydrogen-bond acceptors (Lipinski definition) is 4. The van der Waals surface area contributed by atoms with Crippen molar-refractivity contribution in [2.24, 2.45) is 0 Å². The van der Waals surface area contributed by atoms with Crippen molar-refractivity contribution in [1.29, 1.82) is 0 Å². The number of rotatable bonds is 5. The summed E-state index contributed by atoms with van der Waals surface area (Å²) >= 11 is 7.02. The predicted molar refractivity (Wildman–Crippen MR) is 56.5 cm³/mol. The highest BCUT2D eigenvalue weighted by Crippen LogP contribution is 2.18. The fourth-order valence-electron chi connectivity index (χ4n) is 0.867. The highest BCUT2D eigenvalue weighted by Gasteiger charge is 2.04. The summed E-state index contributed by atoms with van der Waals surface area (Å²) in [5.74, 6) is 1.54. The average molecular weight is 235 g/mol. The van der Waals surface area contributed by atoms with Crippen LogP contribution >= 0.6 is 23.4 Å². The number of furan rings is 1. The van der Waals surface area contributed by atoms with Gasteiger partial charge in [-0.15, -0.1) is 11.8 Å². The van der Waals surface area contributed by atoms with E-state index in [4.69, 9.17) is 20.8 Å². The highest BCUT2D eigenvalue weighted by atomic mass is 35.5. The maximum atomic E-state index is 10.9. The van der Waals surface area contributed by atoms with Gasteiger partial charge in [0.25, 0.3) is 0 Å². The van der Waals surface area contributed by atoms with Gasteiger partial charge in [0.05, 0.1) is 18.1 Å². The van der Waals surface area contributed by atoms with Crippen molar-refractivity contribution in [3.8, 4) is 0 Å². The van der Waals surface area contributed by atoms with E-state index in [0.29, 0.717) is 23.3 Å². The summed E-state index contributed by atoms with van der Waals surface area (Å²) in [4.78, 5) is 10.9. The maximum Gasteiger partial charge on any atom is 0.315 e. The van der Waals surface area contributed by atoms with Crippen LogP contribution in [0.2, 0.25) is 5.22 Å². The second kappa shape index (κ2) is 5.98. The summed E-state index contributed by atoms with van der Waals surface area (Å²) < 4.78 is 9.89. The van der Waals surface area contributed by atoms with Gasteiger partial charge in [-0.2, -0.15) is 0 Å². The van der Waals surface area contributed by atoms with E-state index in [1.807, 2.05) is 0 Å². The zero-order chi connectivity index (χ0) is 10.4. The Morgan fingerprint density at radius 3 is 3.00 bits per heavy atom. The average Bonchev–Trinajstić information content (AvgIpc) is 2.52. The summed E-state index contributed by atoms with van der Waals surface area (Å²) in [7, 11) is 0. The van der Waals surface area contributed by atoms with E-state index < -0.39 is 0 Å². The van der Waals surface area contributed by atoms with Gasteiger partial charge in [0, 0.05) is 0 Å². The molecular weight excluding hydrogens is 224 g/mol. The zero-order valence-electron chi connectivity index (χ0n) is 7.79. The second-order valence-corrected chi connectivity index (χ2v) is 3.86. The Morgan fingerprint density at radius 1 is 1.64 bits per heavy atom. The van der Waals surface area contributed by atoms with Gasteiger partial charge in [0.2, 0.25) is 0 Å². The lowest BCUT2D eigenvalue weighted by atomic mass is 10.5. The fourth-order valence-corrected chi connectivity index (χ4v) is 1.74. The monoisotopic (exact) mass is 234 g/mol. The minimum absolute atomic E-state index is 0.199. The number of hydrogen-bond donors (Lipinski definition) is 0. The first-order valence-electron chi connectivity index (χ1n) is 4.20. The summed E-state index contributed by atoms with van der Waals surface area (Å²) in [6.07, 6.45) is 0. The summed E-state index contributed by atoms with van der Waals surface area (Å²) in [6, 6.07) is 3.47. The van der Waals surface area contributed by atoms with E-state index in [-0.39, 0.29) is 5.97 Å². The molecule has 3 nitrogen and oxygen atoms in total. The summed E-state index contributed by atoms with van der Waals surface area (Å²) in [6.45, 7) is 2.21. The van der Waals surface area contributed by atoms with Crippen LogP contribution in [0, 0.1) is 0 Å².